The first kappa shape index (κ1) is 16.9. The number of methoxy groups -OCH3 is 1. The first-order valence-corrected chi connectivity index (χ1v) is 7.73. The number of nitrogens with zero attached hydrogens (tertiary/aromatic N) is 1. The molecule has 0 spiro atoms. The van der Waals surface area contributed by atoms with Crippen LogP contribution in [0.25, 0.3) is 0 Å². The highest BCUT2D eigenvalue weighted by molar-refractivity contribution is 5.94. The Labute approximate surface area is 130 Å². The van der Waals surface area contributed by atoms with E-state index >= 15 is 0 Å². The van der Waals surface area contributed by atoms with Crippen molar-refractivity contribution >= 4 is 5.91 Å². The van der Waals surface area contributed by atoms with E-state index in [2.05, 4.69) is 6.92 Å². The normalized spacial score (nSPS) is 17.5. The van der Waals surface area contributed by atoms with Crippen LogP contribution in [0.4, 0.5) is 4.39 Å². The maximum absolute atomic E-state index is 13.6. The van der Waals surface area contributed by atoms with Crippen LogP contribution in [0.1, 0.15) is 42.1 Å². The molecule has 1 aromatic carbocycles. The van der Waals surface area contributed by atoms with Gasteiger partial charge in [0.2, 0.25) is 0 Å². The number of carbonyl (C=O) groups is 1. The molecule has 1 aliphatic heterocycles. The fourth-order valence-corrected chi connectivity index (χ4v) is 2.96. The van der Waals surface area contributed by atoms with Gasteiger partial charge in [-0.1, -0.05) is 6.92 Å². The summed E-state index contributed by atoms with van der Waals surface area (Å²) in [6, 6.07) is 4.40. The Hall–Kier alpha value is -1.46. The van der Waals surface area contributed by atoms with Crippen molar-refractivity contribution in [3.63, 3.8) is 0 Å². The van der Waals surface area contributed by atoms with E-state index < -0.39 is 0 Å². The van der Waals surface area contributed by atoms with Gasteiger partial charge in [0.1, 0.15) is 5.82 Å². The second-order valence-electron chi connectivity index (χ2n) is 6.04. The zero-order valence-electron chi connectivity index (χ0n) is 13.3. The molecule has 1 amide bonds. The predicted molar refractivity (Wildman–Crippen MR) is 82.1 cm³/mol. The number of aliphatic hydroxyl groups is 1. The zero-order chi connectivity index (χ0) is 16.2. The summed E-state index contributed by atoms with van der Waals surface area (Å²) >= 11 is 0. The average molecular weight is 309 g/mol. The van der Waals surface area contributed by atoms with Crippen LogP contribution < -0.4 is 0 Å². The minimum absolute atomic E-state index is 0.0548. The molecular formula is C17H24FNO3. The zero-order valence-corrected chi connectivity index (χ0v) is 13.3. The number of aliphatic hydroxyl groups excluding tert-OH is 1. The van der Waals surface area contributed by atoms with Crippen molar-refractivity contribution in [2.75, 3.05) is 26.8 Å². The maximum atomic E-state index is 13.6. The van der Waals surface area contributed by atoms with Crippen LogP contribution in [0.3, 0.4) is 0 Å². The molecule has 5 heteroatoms. The van der Waals surface area contributed by atoms with Crippen molar-refractivity contribution in [2.45, 2.75) is 32.8 Å². The quantitative estimate of drug-likeness (QED) is 0.909. The van der Waals surface area contributed by atoms with Crippen molar-refractivity contribution in [2.24, 2.45) is 5.41 Å². The molecule has 1 N–H and O–H groups in total. The third kappa shape index (κ3) is 3.47. The standard InChI is InChI=1S/C17H24FNO3/c1-3-17(12-20)6-8-19(9-7-17)16(21)13-4-5-15(18)14(10-13)11-22-2/h4-5,10,20H,3,6-9,11-12H2,1-2H3. The molecule has 0 saturated carbocycles. The molecule has 122 valence electrons. The Balaban J connectivity index is 2.08. The first-order chi connectivity index (χ1) is 10.5. The largest absolute Gasteiger partial charge is 0.396 e. The molecule has 0 bridgehead atoms. The molecule has 0 atom stereocenters. The van der Waals surface area contributed by atoms with Gasteiger partial charge in [0.15, 0.2) is 0 Å². The van der Waals surface area contributed by atoms with Crippen LogP contribution in [0.5, 0.6) is 0 Å². The Bertz CT molecular complexity index is 519. The number of rotatable bonds is 5. The molecule has 1 fully saturated rings. The van der Waals surface area contributed by atoms with Gasteiger partial charge >= 0.3 is 0 Å². The van der Waals surface area contributed by atoms with Gasteiger partial charge < -0.3 is 14.7 Å². The number of carbonyl (C=O) groups excluding carboxylic acids is 1. The summed E-state index contributed by atoms with van der Waals surface area (Å²) in [6.45, 7) is 3.65. The minimum Gasteiger partial charge on any atom is -0.396 e. The fourth-order valence-electron chi connectivity index (χ4n) is 2.96. The molecule has 1 heterocycles. The highest BCUT2D eigenvalue weighted by Crippen LogP contribution is 2.34. The van der Waals surface area contributed by atoms with E-state index in [1.54, 1.807) is 11.0 Å². The van der Waals surface area contributed by atoms with Crippen LogP contribution in [0, 0.1) is 11.2 Å². The molecule has 22 heavy (non-hydrogen) atoms. The highest BCUT2D eigenvalue weighted by atomic mass is 19.1. The third-order valence-corrected chi connectivity index (χ3v) is 4.79. The predicted octanol–water partition coefficient (Wildman–Crippen LogP) is 2.60. The lowest BCUT2D eigenvalue weighted by molar-refractivity contribution is 0.0338. The van der Waals surface area contributed by atoms with Gasteiger partial charge in [0.25, 0.3) is 5.91 Å². The van der Waals surface area contributed by atoms with Gasteiger partial charge in [0.05, 0.1) is 6.61 Å². The summed E-state index contributed by atoms with van der Waals surface area (Å²) in [6.07, 6.45) is 2.52. The lowest BCUT2D eigenvalue weighted by Crippen LogP contribution is -2.44. The topological polar surface area (TPSA) is 49.8 Å². The number of hydrogen-bond donors (Lipinski definition) is 1. The van der Waals surface area contributed by atoms with E-state index in [1.807, 2.05) is 0 Å². The van der Waals surface area contributed by atoms with Crippen LogP contribution in [0.2, 0.25) is 0 Å². The number of benzene rings is 1. The minimum atomic E-state index is -0.359. The Morgan fingerprint density at radius 3 is 2.64 bits per heavy atom. The first-order valence-electron chi connectivity index (χ1n) is 7.73. The molecular weight excluding hydrogens is 285 g/mol. The van der Waals surface area contributed by atoms with Crippen molar-refractivity contribution in [1.82, 2.24) is 4.90 Å². The van der Waals surface area contributed by atoms with Crippen molar-refractivity contribution in [3.05, 3.63) is 35.1 Å². The van der Waals surface area contributed by atoms with Gasteiger partial charge in [-0.25, -0.2) is 4.39 Å². The summed E-state index contributed by atoms with van der Waals surface area (Å²) in [7, 11) is 1.50. The number of hydrogen-bond acceptors (Lipinski definition) is 3. The van der Waals surface area contributed by atoms with E-state index in [4.69, 9.17) is 4.74 Å². The van der Waals surface area contributed by atoms with Crippen LogP contribution in [-0.4, -0.2) is 42.7 Å². The number of amides is 1. The number of likely N-dealkylation sites (tertiary alicyclic amines) is 1. The van der Waals surface area contributed by atoms with Crippen LogP contribution in [0.15, 0.2) is 18.2 Å². The van der Waals surface area contributed by atoms with E-state index in [0.29, 0.717) is 24.2 Å². The second-order valence-corrected chi connectivity index (χ2v) is 6.04. The molecule has 2 rings (SSSR count). The molecule has 0 aliphatic carbocycles. The van der Waals surface area contributed by atoms with Gasteiger partial charge in [-0.3, -0.25) is 4.79 Å². The van der Waals surface area contributed by atoms with Crippen molar-refractivity contribution in [1.29, 1.82) is 0 Å². The van der Waals surface area contributed by atoms with Crippen LogP contribution in [-0.2, 0) is 11.3 Å². The number of ether oxygens (including phenoxy) is 1. The Kier molecular flexibility index (Phi) is 5.53. The van der Waals surface area contributed by atoms with E-state index in [1.165, 1.54) is 19.2 Å². The number of piperidine rings is 1. The van der Waals surface area contributed by atoms with Crippen molar-refractivity contribution in [3.8, 4) is 0 Å². The summed E-state index contributed by atoms with van der Waals surface area (Å²) in [5.41, 5.74) is 0.825. The Morgan fingerprint density at radius 2 is 2.09 bits per heavy atom. The van der Waals surface area contributed by atoms with Crippen molar-refractivity contribution < 1.29 is 19.0 Å². The van der Waals surface area contributed by atoms with Gasteiger partial charge in [0, 0.05) is 37.9 Å². The molecule has 0 aromatic heterocycles. The second kappa shape index (κ2) is 7.20. The third-order valence-electron chi connectivity index (χ3n) is 4.79. The van der Waals surface area contributed by atoms with Crippen LogP contribution >= 0.6 is 0 Å². The van der Waals surface area contributed by atoms with E-state index in [0.717, 1.165) is 19.3 Å². The van der Waals surface area contributed by atoms with E-state index in [9.17, 15) is 14.3 Å². The molecule has 1 aromatic rings. The summed E-state index contributed by atoms with van der Waals surface area (Å²) in [5.74, 6) is -0.442. The molecule has 0 unspecified atom stereocenters. The van der Waals surface area contributed by atoms with Gasteiger partial charge in [-0.05, 0) is 42.9 Å². The highest BCUT2D eigenvalue weighted by Gasteiger charge is 2.34. The average Bonchev–Trinajstić information content (AvgIpc) is 2.56. The summed E-state index contributed by atoms with van der Waals surface area (Å²) < 4.78 is 18.6. The lowest BCUT2D eigenvalue weighted by atomic mass is 9.77. The molecule has 1 saturated heterocycles. The van der Waals surface area contributed by atoms with Gasteiger partial charge in [-0.2, -0.15) is 0 Å². The molecule has 0 radical (unpaired) electrons. The summed E-state index contributed by atoms with van der Waals surface area (Å²) in [4.78, 5) is 14.3. The number of halogens is 1. The monoisotopic (exact) mass is 309 g/mol. The summed E-state index contributed by atoms with van der Waals surface area (Å²) in [5, 5.41) is 9.55. The molecule has 4 nitrogen and oxygen atoms in total. The fraction of sp³-hybridized carbons (Fsp3) is 0.588. The maximum Gasteiger partial charge on any atom is 0.253 e. The SMILES string of the molecule is CCC1(CO)CCN(C(=O)c2ccc(F)c(COC)c2)CC1. The molecule has 1 aliphatic rings. The lowest BCUT2D eigenvalue weighted by Gasteiger charge is -2.40. The van der Waals surface area contributed by atoms with Gasteiger partial charge in [-0.15, -0.1) is 0 Å². The van der Waals surface area contributed by atoms with E-state index in [-0.39, 0.29) is 30.4 Å². The Morgan fingerprint density at radius 1 is 1.41 bits per heavy atom. The smallest absolute Gasteiger partial charge is 0.253 e.